The van der Waals surface area contributed by atoms with E-state index in [4.69, 9.17) is 0 Å². The van der Waals surface area contributed by atoms with E-state index >= 15 is 0 Å². The van der Waals surface area contributed by atoms with Gasteiger partial charge in [-0.1, -0.05) is 6.92 Å². The van der Waals surface area contributed by atoms with Crippen LogP contribution in [0.2, 0.25) is 0 Å². The summed E-state index contributed by atoms with van der Waals surface area (Å²) in [6, 6.07) is 5.34. The monoisotopic (exact) mass is 234 g/mol. The molecule has 0 amide bonds. The molecular formula is C13H22N4. The molecule has 2 rings (SSSR count). The van der Waals surface area contributed by atoms with Crippen molar-refractivity contribution in [2.75, 3.05) is 12.4 Å². The highest BCUT2D eigenvalue weighted by Crippen LogP contribution is 2.21. The smallest absolute Gasteiger partial charge is 0.148 e. The first-order valence-electron chi connectivity index (χ1n) is 6.58. The molecule has 0 aliphatic heterocycles. The molecule has 94 valence electrons. The van der Waals surface area contributed by atoms with Crippen LogP contribution in [0.1, 0.15) is 38.3 Å². The summed E-state index contributed by atoms with van der Waals surface area (Å²) in [5.41, 5.74) is 1.05. The second-order valence-electron chi connectivity index (χ2n) is 4.75. The summed E-state index contributed by atoms with van der Waals surface area (Å²) in [5.74, 6) is 0.912. The van der Waals surface area contributed by atoms with Gasteiger partial charge in [-0.15, -0.1) is 5.10 Å². The lowest BCUT2D eigenvalue weighted by Gasteiger charge is -2.28. The van der Waals surface area contributed by atoms with Gasteiger partial charge in [-0.2, -0.15) is 5.10 Å². The van der Waals surface area contributed by atoms with Gasteiger partial charge >= 0.3 is 0 Å². The standard InChI is InChI=1S/C13H22N4/c1-3-10-8-9-13(17-16-10)15-12-6-4-11(14-2)5-7-12/h8-9,11-12,14H,3-7H2,1-2H3,(H,15,17). The number of anilines is 1. The molecule has 0 radical (unpaired) electrons. The molecule has 0 saturated heterocycles. The first kappa shape index (κ1) is 12.3. The predicted octanol–water partition coefficient (Wildman–Crippen LogP) is 1.98. The molecule has 1 aromatic heterocycles. The summed E-state index contributed by atoms with van der Waals surface area (Å²) >= 11 is 0. The lowest BCUT2D eigenvalue weighted by Crippen LogP contribution is -2.35. The van der Waals surface area contributed by atoms with Gasteiger partial charge in [0.25, 0.3) is 0 Å². The normalized spacial score (nSPS) is 24.6. The van der Waals surface area contributed by atoms with Crippen molar-refractivity contribution in [2.24, 2.45) is 0 Å². The Kier molecular flexibility index (Phi) is 4.31. The predicted molar refractivity (Wildman–Crippen MR) is 70.1 cm³/mol. The minimum absolute atomic E-state index is 0.557. The zero-order valence-corrected chi connectivity index (χ0v) is 10.7. The molecule has 1 aliphatic carbocycles. The Morgan fingerprint density at radius 3 is 2.35 bits per heavy atom. The van der Waals surface area contributed by atoms with Gasteiger partial charge in [0.2, 0.25) is 0 Å². The van der Waals surface area contributed by atoms with E-state index in [2.05, 4.69) is 33.8 Å². The van der Waals surface area contributed by atoms with Crippen LogP contribution in [0.5, 0.6) is 0 Å². The number of hydrogen-bond acceptors (Lipinski definition) is 4. The Hall–Kier alpha value is -1.16. The quantitative estimate of drug-likeness (QED) is 0.836. The van der Waals surface area contributed by atoms with Crippen molar-refractivity contribution in [3.63, 3.8) is 0 Å². The molecule has 17 heavy (non-hydrogen) atoms. The maximum Gasteiger partial charge on any atom is 0.148 e. The van der Waals surface area contributed by atoms with Crippen LogP contribution >= 0.6 is 0 Å². The molecule has 1 aromatic rings. The Balaban J connectivity index is 1.84. The molecule has 4 heteroatoms. The van der Waals surface area contributed by atoms with E-state index in [0.717, 1.165) is 17.9 Å². The summed E-state index contributed by atoms with van der Waals surface area (Å²) in [6.07, 6.45) is 5.86. The first-order valence-corrected chi connectivity index (χ1v) is 6.58. The zero-order chi connectivity index (χ0) is 12.1. The van der Waals surface area contributed by atoms with Crippen molar-refractivity contribution in [1.29, 1.82) is 0 Å². The van der Waals surface area contributed by atoms with Crippen LogP contribution in [0.15, 0.2) is 12.1 Å². The van der Waals surface area contributed by atoms with E-state index < -0.39 is 0 Å². The van der Waals surface area contributed by atoms with Gasteiger partial charge in [0.15, 0.2) is 0 Å². The fraction of sp³-hybridized carbons (Fsp3) is 0.692. The van der Waals surface area contributed by atoms with Crippen molar-refractivity contribution < 1.29 is 0 Å². The Bertz CT molecular complexity index is 328. The van der Waals surface area contributed by atoms with Crippen LogP contribution in [-0.2, 0) is 6.42 Å². The fourth-order valence-corrected chi connectivity index (χ4v) is 2.36. The number of aryl methyl sites for hydroxylation is 1. The van der Waals surface area contributed by atoms with Crippen LogP contribution in [0.3, 0.4) is 0 Å². The molecule has 4 nitrogen and oxygen atoms in total. The van der Waals surface area contributed by atoms with Gasteiger partial charge in [0, 0.05) is 12.1 Å². The molecular weight excluding hydrogens is 212 g/mol. The van der Waals surface area contributed by atoms with Crippen molar-refractivity contribution in [1.82, 2.24) is 15.5 Å². The number of hydrogen-bond donors (Lipinski definition) is 2. The van der Waals surface area contributed by atoms with Crippen molar-refractivity contribution in [3.05, 3.63) is 17.8 Å². The van der Waals surface area contributed by atoms with Gasteiger partial charge in [-0.3, -0.25) is 0 Å². The van der Waals surface area contributed by atoms with Crippen molar-refractivity contribution in [3.8, 4) is 0 Å². The van der Waals surface area contributed by atoms with Crippen molar-refractivity contribution >= 4 is 5.82 Å². The summed E-state index contributed by atoms with van der Waals surface area (Å²) in [6.45, 7) is 2.09. The number of rotatable bonds is 4. The van der Waals surface area contributed by atoms with Crippen molar-refractivity contribution in [2.45, 2.75) is 51.1 Å². The second-order valence-corrected chi connectivity index (χ2v) is 4.75. The van der Waals surface area contributed by atoms with E-state index in [1.807, 2.05) is 13.1 Å². The summed E-state index contributed by atoms with van der Waals surface area (Å²) in [7, 11) is 2.05. The Morgan fingerprint density at radius 1 is 1.12 bits per heavy atom. The van der Waals surface area contributed by atoms with E-state index in [1.165, 1.54) is 25.7 Å². The fourth-order valence-electron chi connectivity index (χ4n) is 2.36. The third kappa shape index (κ3) is 3.40. The number of nitrogens with zero attached hydrogens (tertiary/aromatic N) is 2. The van der Waals surface area contributed by atoms with Gasteiger partial charge in [-0.05, 0) is 51.3 Å². The van der Waals surface area contributed by atoms with E-state index in [0.29, 0.717) is 12.1 Å². The van der Waals surface area contributed by atoms with Crippen LogP contribution in [0.25, 0.3) is 0 Å². The van der Waals surface area contributed by atoms with E-state index in [9.17, 15) is 0 Å². The summed E-state index contributed by atoms with van der Waals surface area (Å²) < 4.78 is 0. The van der Waals surface area contributed by atoms with Gasteiger partial charge in [-0.25, -0.2) is 0 Å². The van der Waals surface area contributed by atoms with E-state index in [-0.39, 0.29) is 0 Å². The van der Waals surface area contributed by atoms with Gasteiger partial charge < -0.3 is 10.6 Å². The SMILES string of the molecule is CCc1ccc(NC2CCC(NC)CC2)nn1. The third-order valence-corrected chi connectivity index (χ3v) is 3.57. The maximum absolute atomic E-state index is 4.21. The van der Waals surface area contributed by atoms with Crippen LogP contribution in [0, 0.1) is 0 Å². The van der Waals surface area contributed by atoms with Gasteiger partial charge in [0.05, 0.1) is 5.69 Å². The lowest BCUT2D eigenvalue weighted by molar-refractivity contribution is 0.371. The van der Waals surface area contributed by atoms with Crippen LogP contribution < -0.4 is 10.6 Å². The zero-order valence-electron chi connectivity index (χ0n) is 10.7. The summed E-state index contributed by atoms with van der Waals surface area (Å²) in [5, 5.41) is 15.2. The highest BCUT2D eigenvalue weighted by atomic mass is 15.2. The largest absolute Gasteiger partial charge is 0.366 e. The Morgan fingerprint density at radius 2 is 1.82 bits per heavy atom. The molecule has 1 heterocycles. The molecule has 0 aromatic carbocycles. The average molecular weight is 234 g/mol. The highest BCUT2D eigenvalue weighted by Gasteiger charge is 2.19. The molecule has 2 N–H and O–H groups in total. The maximum atomic E-state index is 4.21. The topological polar surface area (TPSA) is 49.8 Å². The average Bonchev–Trinajstić information content (AvgIpc) is 2.40. The summed E-state index contributed by atoms with van der Waals surface area (Å²) in [4.78, 5) is 0. The van der Waals surface area contributed by atoms with Crippen LogP contribution in [-0.4, -0.2) is 29.3 Å². The first-order chi connectivity index (χ1) is 8.31. The Labute approximate surface area is 103 Å². The minimum Gasteiger partial charge on any atom is -0.366 e. The minimum atomic E-state index is 0.557. The molecule has 0 unspecified atom stereocenters. The van der Waals surface area contributed by atoms with E-state index in [1.54, 1.807) is 0 Å². The third-order valence-electron chi connectivity index (χ3n) is 3.57. The molecule has 1 fully saturated rings. The number of aromatic nitrogens is 2. The van der Waals surface area contributed by atoms with Crippen LogP contribution in [0.4, 0.5) is 5.82 Å². The lowest BCUT2D eigenvalue weighted by atomic mass is 9.91. The van der Waals surface area contributed by atoms with Gasteiger partial charge in [0.1, 0.15) is 5.82 Å². The molecule has 0 atom stereocenters. The highest BCUT2D eigenvalue weighted by molar-refractivity contribution is 5.34. The molecule has 0 spiro atoms. The molecule has 1 aliphatic rings. The second kappa shape index (κ2) is 5.96. The number of nitrogens with one attached hydrogen (secondary N) is 2. The molecule has 1 saturated carbocycles. The molecule has 0 bridgehead atoms.